The molecule has 1 heterocycles. The van der Waals surface area contributed by atoms with Crippen molar-refractivity contribution in [1.29, 1.82) is 0 Å². The van der Waals surface area contributed by atoms with Crippen molar-refractivity contribution in [3.8, 4) is 5.75 Å². The van der Waals surface area contributed by atoms with E-state index in [1.807, 2.05) is 0 Å². The van der Waals surface area contributed by atoms with Crippen molar-refractivity contribution in [2.24, 2.45) is 0 Å². The molecule has 0 saturated heterocycles. The molecule has 1 N–H and O–H groups in total. The standard InChI is InChI=1S/C21H20N2O6/c1-12(23-19(25)16-9-4-5-10-17(16)20(23)26)21(27)29-13(2)18(24)22-14-7-6-8-15(11-14)28-3/h4-13H,1-3H3,(H,22,24)/t12-,13-/m1/s1. The number of ether oxygens (including phenoxy) is 2. The Morgan fingerprint density at radius 1 is 0.966 bits per heavy atom. The lowest BCUT2D eigenvalue weighted by atomic mass is 10.1. The molecular formula is C21H20N2O6. The molecule has 0 spiro atoms. The first-order valence-electron chi connectivity index (χ1n) is 8.95. The quantitative estimate of drug-likeness (QED) is 0.594. The molecule has 3 amide bonds. The zero-order valence-electron chi connectivity index (χ0n) is 16.2. The first kappa shape index (κ1) is 20.1. The maximum atomic E-state index is 12.5. The Kier molecular flexibility index (Phi) is 5.63. The summed E-state index contributed by atoms with van der Waals surface area (Å²) in [6.45, 7) is 2.79. The fourth-order valence-corrected chi connectivity index (χ4v) is 2.94. The Morgan fingerprint density at radius 2 is 1.59 bits per heavy atom. The van der Waals surface area contributed by atoms with E-state index in [-0.39, 0.29) is 11.1 Å². The first-order valence-corrected chi connectivity index (χ1v) is 8.95. The fourth-order valence-electron chi connectivity index (χ4n) is 2.94. The van der Waals surface area contributed by atoms with Crippen molar-refractivity contribution in [3.63, 3.8) is 0 Å². The van der Waals surface area contributed by atoms with Gasteiger partial charge in [0.15, 0.2) is 6.10 Å². The van der Waals surface area contributed by atoms with E-state index in [0.717, 1.165) is 4.90 Å². The zero-order chi connectivity index (χ0) is 21.1. The van der Waals surface area contributed by atoms with Crippen LogP contribution in [0.3, 0.4) is 0 Å². The van der Waals surface area contributed by atoms with Crippen LogP contribution in [0.25, 0.3) is 0 Å². The number of fused-ring (bicyclic) bond motifs is 1. The molecule has 0 fully saturated rings. The average Bonchev–Trinajstić information content (AvgIpc) is 2.98. The second kappa shape index (κ2) is 8.14. The van der Waals surface area contributed by atoms with Gasteiger partial charge in [-0.15, -0.1) is 0 Å². The minimum Gasteiger partial charge on any atom is -0.497 e. The summed E-state index contributed by atoms with van der Waals surface area (Å²) in [5, 5.41) is 2.62. The summed E-state index contributed by atoms with van der Waals surface area (Å²) in [5.41, 5.74) is 0.951. The van der Waals surface area contributed by atoms with E-state index in [1.165, 1.54) is 33.1 Å². The van der Waals surface area contributed by atoms with Gasteiger partial charge in [-0.2, -0.15) is 0 Å². The van der Waals surface area contributed by atoms with Crippen LogP contribution in [0.15, 0.2) is 48.5 Å². The first-order chi connectivity index (χ1) is 13.8. The van der Waals surface area contributed by atoms with Crippen molar-refractivity contribution < 1.29 is 28.7 Å². The maximum absolute atomic E-state index is 12.5. The van der Waals surface area contributed by atoms with Crippen molar-refractivity contribution in [2.45, 2.75) is 26.0 Å². The van der Waals surface area contributed by atoms with Crippen LogP contribution < -0.4 is 10.1 Å². The highest BCUT2D eigenvalue weighted by Crippen LogP contribution is 2.25. The molecule has 0 aromatic heterocycles. The molecule has 29 heavy (non-hydrogen) atoms. The molecule has 0 radical (unpaired) electrons. The van der Waals surface area contributed by atoms with E-state index in [2.05, 4.69) is 5.32 Å². The van der Waals surface area contributed by atoms with Crippen LogP contribution in [0.4, 0.5) is 5.69 Å². The highest BCUT2D eigenvalue weighted by Gasteiger charge is 2.41. The molecule has 0 aliphatic carbocycles. The van der Waals surface area contributed by atoms with Crippen LogP contribution >= 0.6 is 0 Å². The Labute approximate surface area is 167 Å². The van der Waals surface area contributed by atoms with Gasteiger partial charge >= 0.3 is 5.97 Å². The lowest BCUT2D eigenvalue weighted by molar-refractivity contribution is -0.156. The summed E-state index contributed by atoms with van der Waals surface area (Å²) >= 11 is 0. The molecular weight excluding hydrogens is 376 g/mol. The van der Waals surface area contributed by atoms with Crippen molar-refractivity contribution in [1.82, 2.24) is 4.90 Å². The number of carbonyl (C=O) groups is 4. The van der Waals surface area contributed by atoms with Crippen LogP contribution in [0.1, 0.15) is 34.6 Å². The van der Waals surface area contributed by atoms with Crippen molar-refractivity contribution >= 4 is 29.4 Å². The number of hydrogen-bond donors (Lipinski definition) is 1. The number of esters is 1. The Hall–Kier alpha value is -3.68. The third kappa shape index (κ3) is 3.96. The fraction of sp³-hybridized carbons (Fsp3) is 0.238. The lowest BCUT2D eigenvalue weighted by Crippen LogP contribution is -2.45. The van der Waals surface area contributed by atoms with E-state index < -0.39 is 35.8 Å². The van der Waals surface area contributed by atoms with E-state index in [1.54, 1.807) is 36.4 Å². The van der Waals surface area contributed by atoms with Gasteiger partial charge in [-0.3, -0.25) is 19.3 Å². The number of anilines is 1. The monoisotopic (exact) mass is 396 g/mol. The summed E-state index contributed by atoms with van der Waals surface area (Å²) in [6, 6.07) is 11.9. The van der Waals surface area contributed by atoms with Gasteiger partial charge in [0.2, 0.25) is 0 Å². The minimum atomic E-state index is -1.17. The molecule has 1 aliphatic heterocycles. The second-order valence-electron chi connectivity index (χ2n) is 6.50. The predicted octanol–water partition coefficient (Wildman–Crippen LogP) is 2.25. The molecule has 1 aliphatic rings. The summed E-state index contributed by atoms with van der Waals surface area (Å²) in [4.78, 5) is 50.6. The smallest absolute Gasteiger partial charge is 0.329 e. The van der Waals surface area contributed by atoms with Gasteiger partial charge in [0.05, 0.1) is 18.2 Å². The van der Waals surface area contributed by atoms with Gasteiger partial charge in [-0.1, -0.05) is 18.2 Å². The van der Waals surface area contributed by atoms with Crippen LogP contribution in [0, 0.1) is 0 Å². The number of nitrogens with zero attached hydrogens (tertiary/aromatic N) is 1. The third-order valence-electron chi connectivity index (χ3n) is 4.55. The van der Waals surface area contributed by atoms with Crippen LogP contribution in [-0.4, -0.2) is 47.8 Å². The van der Waals surface area contributed by atoms with Gasteiger partial charge in [0.1, 0.15) is 11.8 Å². The van der Waals surface area contributed by atoms with Gasteiger partial charge in [0.25, 0.3) is 17.7 Å². The number of rotatable bonds is 6. The molecule has 8 heteroatoms. The molecule has 0 saturated carbocycles. The summed E-state index contributed by atoms with van der Waals surface area (Å²) in [6.07, 6.45) is -1.13. The topological polar surface area (TPSA) is 102 Å². The largest absolute Gasteiger partial charge is 0.497 e. The normalized spacial score (nSPS) is 14.8. The minimum absolute atomic E-state index is 0.237. The molecule has 0 bridgehead atoms. The van der Waals surface area contributed by atoms with Crippen LogP contribution in [0.2, 0.25) is 0 Å². The average molecular weight is 396 g/mol. The highest BCUT2D eigenvalue weighted by atomic mass is 16.5. The molecule has 0 unspecified atom stereocenters. The number of hydrogen-bond acceptors (Lipinski definition) is 6. The van der Waals surface area contributed by atoms with Crippen molar-refractivity contribution in [2.75, 3.05) is 12.4 Å². The van der Waals surface area contributed by atoms with Gasteiger partial charge in [-0.05, 0) is 38.1 Å². The van der Waals surface area contributed by atoms with Crippen LogP contribution in [-0.2, 0) is 14.3 Å². The van der Waals surface area contributed by atoms with E-state index in [4.69, 9.17) is 9.47 Å². The maximum Gasteiger partial charge on any atom is 0.329 e. The van der Waals surface area contributed by atoms with Gasteiger partial charge in [-0.25, -0.2) is 4.79 Å². The van der Waals surface area contributed by atoms with Crippen LogP contribution in [0.5, 0.6) is 5.75 Å². The number of benzene rings is 2. The van der Waals surface area contributed by atoms with Gasteiger partial charge in [0, 0.05) is 11.8 Å². The summed E-state index contributed by atoms with van der Waals surface area (Å²) in [7, 11) is 1.51. The highest BCUT2D eigenvalue weighted by molar-refractivity contribution is 6.22. The molecule has 2 aromatic carbocycles. The molecule has 8 nitrogen and oxygen atoms in total. The second-order valence-corrected chi connectivity index (χ2v) is 6.50. The predicted molar refractivity (Wildman–Crippen MR) is 104 cm³/mol. The van der Waals surface area contributed by atoms with E-state index >= 15 is 0 Å². The number of nitrogens with one attached hydrogen (secondary N) is 1. The number of amides is 3. The SMILES string of the molecule is COc1cccc(NC(=O)[C@@H](C)OC(=O)[C@@H](C)N2C(=O)c3ccccc3C2=O)c1. The van der Waals surface area contributed by atoms with Gasteiger partial charge < -0.3 is 14.8 Å². The molecule has 2 atom stereocenters. The Bertz CT molecular complexity index is 952. The Balaban J connectivity index is 1.64. The molecule has 2 aromatic rings. The summed E-state index contributed by atoms with van der Waals surface area (Å²) in [5.74, 6) is -1.98. The zero-order valence-corrected chi connectivity index (χ0v) is 16.2. The lowest BCUT2D eigenvalue weighted by Gasteiger charge is -2.22. The van der Waals surface area contributed by atoms with Crippen molar-refractivity contribution in [3.05, 3.63) is 59.7 Å². The Morgan fingerprint density at radius 3 is 2.17 bits per heavy atom. The van der Waals surface area contributed by atoms with E-state index in [0.29, 0.717) is 11.4 Å². The molecule has 3 rings (SSSR count). The molecule has 150 valence electrons. The third-order valence-corrected chi connectivity index (χ3v) is 4.55. The number of methoxy groups -OCH3 is 1. The van der Waals surface area contributed by atoms with E-state index in [9.17, 15) is 19.2 Å². The number of imide groups is 1. The number of carbonyl (C=O) groups excluding carboxylic acids is 4. The summed E-state index contributed by atoms with van der Waals surface area (Å²) < 4.78 is 10.3.